The molecule has 0 fully saturated rings. The summed E-state index contributed by atoms with van der Waals surface area (Å²) in [6, 6.07) is 13.8. The van der Waals surface area contributed by atoms with Gasteiger partial charge in [-0.1, -0.05) is 46.3 Å². The number of carbonyl (C=O) groups excluding carboxylic acids is 1. The molecule has 0 heterocycles. The largest absolute Gasteiger partial charge is 0.293 e. The predicted octanol–water partition coefficient (Wildman–Crippen LogP) is 4.46. The van der Waals surface area contributed by atoms with Gasteiger partial charge in [0.25, 0.3) is 0 Å². The molecule has 1 atom stereocenters. The number of ketones is 1. The maximum Gasteiger partial charge on any atom is 0.176 e. The Hall–Kier alpha value is -1.52. The second kappa shape index (κ2) is 6.96. The minimum Gasteiger partial charge on any atom is -0.293 e. The lowest BCUT2D eigenvalue weighted by Gasteiger charge is -2.24. The van der Waals surface area contributed by atoms with Crippen LogP contribution in [-0.2, 0) is 0 Å². The van der Waals surface area contributed by atoms with E-state index in [0.717, 1.165) is 4.47 Å². The highest BCUT2D eigenvalue weighted by Gasteiger charge is 2.18. The number of nitrogens with zero attached hydrogens (tertiary/aromatic N) is 1. The van der Waals surface area contributed by atoms with E-state index in [1.165, 1.54) is 6.07 Å². The van der Waals surface area contributed by atoms with Gasteiger partial charge in [0, 0.05) is 21.6 Å². The van der Waals surface area contributed by atoms with Crippen LogP contribution in [0.1, 0.15) is 28.9 Å². The molecule has 0 aromatic heterocycles. The smallest absolute Gasteiger partial charge is 0.176 e. The molecule has 0 saturated carbocycles. The molecular formula is C17H17BrFNO. The van der Waals surface area contributed by atoms with Crippen molar-refractivity contribution in [2.75, 3.05) is 13.6 Å². The average molecular weight is 350 g/mol. The molecule has 2 rings (SSSR count). The Kier molecular flexibility index (Phi) is 5.26. The van der Waals surface area contributed by atoms with Gasteiger partial charge in [0.1, 0.15) is 5.82 Å². The van der Waals surface area contributed by atoms with Gasteiger partial charge in [0.2, 0.25) is 0 Å². The van der Waals surface area contributed by atoms with Gasteiger partial charge >= 0.3 is 0 Å². The minimum atomic E-state index is -0.244. The molecule has 0 spiro atoms. The summed E-state index contributed by atoms with van der Waals surface area (Å²) in [4.78, 5) is 14.1. The molecule has 0 aliphatic rings. The van der Waals surface area contributed by atoms with E-state index in [4.69, 9.17) is 0 Å². The zero-order chi connectivity index (χ0) is 15.4. The summed E-state index contributed by atoms with van der Waals surface area (Å²) in [7, 11) is 1.83. The third-order valence-electron chi connectivity index (χ3n) is 3.56. The van der Waals surface area contributed by atoms with Crippen molar-refractivity contribution in [2.24, 2.45) is 0 Å². The highest BCUT2D eigenvalue weighted by Crippen LogP contribution is 2.22. The molecule has 0 aliphatic carbocycles. The standard InChI is InChI=1S/C17H17BrFNO/c1-12(15-8-3-4-9-16(15)19)20(2)11-17(21)13-6-5-7-14(18)10-13/h3-10,12H,11H2,1-2H3. The van der Waals surface area contributed by atoms with E-state index < -0.39 is 0 Å². The van der Waals surface area contributed by atoms with Crippen LogP contribution < -0.4 is 0 Å². The fourth-order valence-corrected chi connectivity index (χ4v) is 2.57. The van der Waals surface area contributed by atoms with Crippen LogP contribution in [0.15, 0.2) is 53.0 Å². The van der Waals surface area contributed by atoms with Crippen molar-refractivity contribution in [1.29, 1.82) is 0 Å². The normalized spacial score (nSPS) is 12.4. The third kappa shape index (κ3) is 3.99. The summed E-state index contributed by atoms with van der Waals surface area (Å²) in [6.45, 7) is 2.14. The van der Waals surface area contributed by atoms with Crippen LogP contribution in [0.25, 0.3) is 0 Å². The highest BCUT2D eigenvalue weighted by atomic mass is 79.9. The number of Topliss-reactive ketones (excluding diaryl/α,β-unsaturated/α-hetero) is 1. The molecule has 0 bridgehead atoms. The molecule has 0 amide bonds. The maximum atomic E-state index is 13.8. The molecular weight excluding hydrogens is 333 g/mol. The number of likely N-dealkylation sites (N-methyl/N-ethyl adjacent to an activating group) is 1. The third-order valence-corrected chi connectivity index (χ3v) is 4.05. The summed E-state index contributed by atoms with van der Waals surface area (Å²) in [6.07, 6.45) is 0. The van der Waals surface area contributed by atoms with E-state index >= 15 is 0 Å². The SMILES string of the molecule is CC(c1ccccc1F)N(C)CC(=O)c1cccc(Br)c1. The molecule has 21 heavy (non-hydrogen) atoms. The zero-order valence-corrected chi connectivity index (χ0v) is 13.6. The fourth-order valence-electron chi connectivity index (χ4n) is 2.17. The number of carbonyl (C=O) groups is 1. The summed E-state index contributed by atoms with van der Waals surface area (Å²) in [5.74, 6) is -0.228. The quantitative estimate of drug-likeness (QED) is 0.742. The summed E-state index contributed by atoms with van der Waals surface area (Å²) >= 11 is 3.36. The topological polar surface area (TPSA) is 20.3 Å². The maximum absolute atomic E-state index is 13.8. The molecule has 0 saturated heterocycles. The molecule has 1 unspecified atom stereocenters. The zero-order valence-electron chi connectivity index (χ0n) is 12.0. The van der Waals surface area contributed by atoms with Crippen LogP contribution in [0, 0.1) is 5.82 Å². The lowest BCUT2D eigenvalue weighted by molar-refractivity contribution is 0.0923. The first-order chi connectivity index (χ1) is 9.99. The molecule has 2 aromatic rings. The lowest BCUT2D eigenvalue weighted by atomic mass is 10.1. The van der Waals surface area contributed by atoms with E-state index in [0.29, 0.717) is 11.1 Å². The second-order valence-electron chi connectivity index (χ2n) is 5.05. The highest BCUT2D eigenvalue weighted by molar-refractivity contribution is 9.10. The summed E-state index contributed by atoms with van der Waals surface area (Å²) in [5.41, 5.74) is 1.25. The Morgan fingerprint density at radius 2 is 1.95 bits per heavy atom. The Bertz CT molecular complexity index is 644. The minimum absolute atomic E-state index is 0.0157. The second-order valence-corrected chi connectivity index (χ2v) is 5.96. The Balaban J connectivity index is 2.09. The van der Waals surface area contributed by atoms with Crippen molar-refractivity contribution < 1.29 is 9.18 Å². The van der Waals surface area contributed by atoms with Gasteiger partial charge in [-0.05, 0) is 32.2 Å². The predicted molar refractivity (Wildman–Crippen MR) is 85.9 cm³/mol. The fraction of sp³-hybridized carbons (Fsp3) is 0.235. The van der Waals surface area contributed by atoms with Crippen LogP contribution in [-0.4, -0.2) is 24.3 Å². The van der Waals surface area contributed by atoms with Crippen molar-refractivity contribution in [3.63, 3.8) is 0 Å². The summed E-state index contributed by atoms with van der Waals surface area (Å²) in [5, 5.41) is 0. The number of hydrogen-bond acceptors (Lipinski definition) is 2. The van der Waals surface area contributed by atoms with Crippen molar-refractivity contribution in [1.82, 2.24) is 4.90 Å². The molecule has 0 aliphatic heterocycles. The van der Waals surface area contributed by atoms with Gasteiger partial charge in [-0.25, -0.2) is 4.39 Å². The first-order valence-corrected chi connectivity index (χ1v) is 7.52. The van der Waals surface area contributed by atoms with Gasteiger partial charge in [0.05, 0.1) is 6.54 Å². The van der Waals surface area contributed by atoms with Gasteiger partial charge < -0.3 is 0 Å². The monoisotopic (exact) mass is 349 g/mol. The Morgan fingerprint density at radius 1 is 1.24 bits per heavy atom. The van der Waals surface area contributed by atoms with Crippen LogP contribution in [0.5, 0.6) is 0 Å². The van der Waals surface area contributed by atoms with Crippen molar-refractivity contribution in [3.05, 3.63) is 69.9 Å². The molecule has 110 valence electrons. The van der Waals surface area contributed by atoms with Gasteiger partial charge in [-0.2, -0.15) is 0 Å². The average Bonchev–Trinajstić information content (AvgIpc) is 2.47. The Labute approximate surface area is 132 Å². The molecule has 2 aromatic carbocycles. The van der Waals surface area contributed by atoms with Crippen LogP contribution in [0.3, 0.4) is 0 Å². The van der Waals surface area contributed by atoms with Crippen LogP contribution in [0.4, 0.5) is 4.39 Å². The molecule has 2 nitrogen and oxygen atoms in total. The van der Waals surface area contributed by atoms with E-state index in [1.54, 1.807) is 30.3 Å². The van der Waals surface area contributed by atoms with Crippen molar-refractivity contribution >= 4 is 21.7 Å². The van der Waals surface area contributed by atoms with Gasteiger partial charge in [-0.15, -0.1) is 0 Å². The van der Waals surface area contributed by atoms with E-state index in [1.807, 2.05) is 31.0 Å². The van der Waals surface area contributed by atoms with Crippen molar-refractivity contribution in [3.8, 4) is 0 Å². The van der Waals surface area contributed by atoms with Crippen LogP contribution >= 0.6 is 15.9 Å². The van der Waals surface area contributed by atoms with E-state index in [-0.39, 0.29) is 24.2 Å². The first kappa shape index (κ1) is 15.9. The molecule has 4 heteroatoms. The molecule has 0 radical (unpaired) electrons. The number of hydrogen-bond donors (Lipinski definition) is 0. The first-order valence-electron chi connectivity index (χ1n) is 6.72. The van der Waals surface area contributed by atoms with Gasteiger partial charge in [-0.3, -0.25) is 9.69 Å². The van der Waals surface area contributed by atoms with E-state index in [9.17, 15) is 9.18 Å². The van der Waals surface area contributed by atoms with Gasteiger partial charge in [0.15, 0.2) is 5.78 Å². The van der Waals surface area contributed by atoms with E-state index in [2.05, 4.69) is 15.9 Å². The number of halogens is 2. The lowest BCUT2D eigenvalue weighted by Crippen LogP contribution is -2.29. The molecule has 0 N–H and O–H groups in total. The number of benzene rings is 2. The number of rotatable bonds is 5. The van der Waals surface area contributed by atoms with Crippen LogP contribution in [0.2, 0.25) is 0 Å². The Morgan fingerprint density at radius 3 is 2.62 bits per heavy atom. The van der Waals surface area contributed by atoms with Crippen molar-refractivity contribution in [2.45, 2.75) is 13.0 Å². The summed E-state index contributed by atoms with van der Waals surface area (Å²) < 4.78 is 14.7.